The Bertz CT molecular complexity index is 1520. The van der Waals surface area contributed by atoms with E-state index in [0.717, 1.165) is 21.7 Å². The van der Waals surface area contributed by atoms with Gasteiger partial charge < -0.3 is 14.4 Å². The van der Waals surface area contributed by atoms with Gasteiger partial charge >= 0.3 is 12.7 Å². The van der Waals surface area contributed by atoms with Crippen molar-refractivity contribution < 1.29 is 27.8 Å². The number of thiazole rings is 1. The fourth-order valence-corrected chi connectivity index (χ4v) is 5.30. The van der Waals surface area contributed by atoms with E-state index in [-0.39, 0.29) is 22.9 Å². The first-order valence-electron chi connectivity index (χ1n) is 11.4. The van der Waals surface area contributed by atoms with E-state index in [1.54, 1.807) is 32.6 Å². The molecule has 4 aromatic rings. The lowest BCUT2D eigenvalue weighted by Gasteiger charge is -2.17. The van der Waals surface area contributed by atoms with Crippen molar-refractivity contribution in [3.05, 3.63) is 59.5 Å². The van der Waals surface area contributed by atoms with Crippen LogP contribution in [0.4, 0.5) is 18.7 Å². The lowest BCUT2D eigenvalue weighted by molar-refractivity contribution is -0.0499. The topological polar surface area (TPSA) is 111 Å². The van der Waals surface area contributed by atoms with Gasteiger partial charge in [0.2, 0.25) is 0 Å². The normalized spacial score (nSPS) is 12.1. The van der Waals surface area contributed by atoms with Gasteiger partial charge in [-0.15, -0.1) is 0 Å². The summed E-state index contributed by atoms with van der Waals surface area (Å²) in [5.74, 6) is -0.572. The zero-order chi connectivity index (χ0) is 27.0. The number of fused-ring (bicyclic) bond motifs is 3. The quantitative estimate of drug-likeness (QED) is 0.379. The van der Waals surface area contributed by atoms with Gasteiger partial charge in [-0.05, 0) is 43.2 Å². The number of methoxy groups -OCH3 is 1. The van der Waals surface area contributed by atoms with E-state index in [2.05, 4.69) is 20.0 Å². The van der Waals surface area contributed by atoms with Crippen molar-refractivity contribution in [2.45, 2.75) is 19.5 Å². The summed E-state index contributed by atoms with van der Waals surface area (Å²) in [6, 6.07) is 7.99. The van der Waals surface area contributed by atoms with Crippen molar-refractivity contribution in [3.8, 4) is 33.3 Å². The summed E-state index contributed by atoms with van der Waals surface area (Å²) in [4.78, 5) is 35.1. The number of nitrogens with one attached hydrogen (secondary N) is 1. The number of nitrogens with zero attached hydrogens (tertiary/aromatic N) is 5. The maximum absolute atomic E-state index is 13.5. The molecule has 196 valence electrons. The molecule has 10 nitrogen and oxygen atoms in total. The second-order valence-electron chi connectivity index (χ2n) is 8.50. The van der Waals surface area contributed by atoms with E-state index in [0.29, 0.717) is 29.4 Å². The maximum atomic E-state index is 13.5. The molecule has 1 aliphatic carbocycles. The van der Waals surface area contributed by atoms with Crippen LogP contribution >= 0.6 is 11.3 Å². The molecule has 0 bridgehead atoms. The first-order chi connectivity index (χ1) is 18.3. The number of pyridine rings is 1. The molecule has 5 rings (SSSR count). The molecule has 0 fully saturated rings. The number of alkyl halides is 2. The average Bonchev–Trinajstić information content (AvgIpc) is 3.49. The molecule has 0 unspecified atom stereocenters. The van der Waals surface area contributed by atoms with Crippen molar-refractivity contribution >= 4 is 28.5 Å². The predicted molar refractivity (Wildman–Crippen MR) is 136 cm³/mol. The summed E-state index contributed by atoms with van der Waals surface area (Å²) in [7, 11) is 4.39. The molecule has 0 radical (unpaired) electrons. The maximum Gasteiger partial charge on any atom is 0.413 e. The minimum absolute atomic E-state index is 0.186. The molecule has 0 saturated carbocycles. The average molecular weight is 541 g/mol. The highest BCUT2D eigenvalue weighted by Gasteiger charge is 2.31. The Kier molecular flexibility index (Phi) is 6.76. The number of halogens is 2. The van der Waals surface area contributed by atoms with Gasteiger partial charge in [0.05, 0.1) is 29.1 Å². The van der Waals surface area contributed by atoms with Crippen LogP contribution in [0, 0.1) is 0 Å². The predicted octanol–water partition coefficient (Wildman–Crippen LogP) is 4.64. The summed E-state index contributed by atoms with van der Waals surface area (Å²) in [5, 5.41) is 7.74. The summed E-state index contributed by atoms with van der Waals surface area (Å²) in [6.07, 6.45) is 3.81. The Morgan fingerprint density at radius 2 is 2.03 bits per heavy atom. The molecular weight excluding hydrogens is 518 g/mol. The Morgan fingerprint density at radius 1 is 1.21 bits per heavy atom. The zero-order valence-corrected chi connectivity index (χ0v) is 21.4. The molecule has 0 atom stereocenters. The molecule has 3 heterocycles. The van der Waals surface area contributed by atoms with Gasteiger partial charge in [0.25, 0.3) is 5.91 Å². The molecular formula is C25H22F2N6O4S. The molecule has 1 aliphatic rings. The summed E-state index contributed by atoms with van der Waals surface area (Å²) < 4.78 is 38.1. The second-order valence-corrected chi connectivity index (χ2v) is 9.50. The van der Waals surface area contributed by atoms with Crippen LogP contribution in [0.3, 0.4) is 0 Å². The Balaban J connectivity index is 1.73. The molecule has 13 heteroatoms. The number of anilines is 1. The van der Waals surface area contributed by atoms with Crippen LogP contribution < -0.4 is 10.1 Å². The molecule has 0 saturated heterocycles. The van der Waals surface area contributed by atoms with Crippen LogP contribution in [-0.2, 0) is 17.6 Å². The van der Waals surface area contributed by atoms with E-state index >= 15 is 0 Å². The number of rotatable bonds is 6. The Morgan fingerprint density at radius 3 is 2.71 bits per heavy atom. The third-order valence-electron chi connectivity index (χ3n) is 5.89. The first kappa shape index (κ1) is 25.3. The van der Waals surface area contributed by atoms with E-state index in [9.17, 15) is 18.4 Å². The minimum Gasteiger partial charge on any atom is -0.453 e. The molecule has 38 heavy (non-hydrogen) atoms. The van der Waals surface area contributed by atoms with Gasteiger partial charge in [0.1, 0.15) is 5.69 Å². The number of aryl methyl sites for hydroxylation is 1. The van der Waals surface area contributed by atoms with Crippen molar-refractivity contribution in [1.82, 2.24) is 24.6 Å². The molecule has 2 amide bonds. The number of amides is 2. The number of aromatic nitrogens is 4. The summed E-state index contributed by atoms with van der Waals surface area (Å²) >= 11 is 1.22. The SMILES string of the molecule is COC(=O)Nc1nc2c(s1)-c1c(c(-c3cccnc3)nn1-c1ccc(C(=O)N(C)C)cc1OC(F)F)CC2. The van der Waals surface area contributed by atoms with Gasteiger partial charge in [-0.1, -0.05) is 11.3 Å². The third-order valence-corrected chi connectivity index (χ3v) is 6.91. The number of benzene rings is 1. The van der Waals surface area contributed by atoms with E-state index in [1.165, 1.54) is 46.2 Å². The lowest BCUT2D eigenvalue weighted by atomic mass is 9.95. The zero-order valence-electron chi connectivity index (χ0n) is 20.6. The van der Waals surface area contributed by atoms with Crippen molar-refractivity contribution in [2.24, 2.45) is 0 Å². The van der Waals surface area contributed by atoms with E-state index < -0.39 is 12.7 Å². The first-order valence-corrected chi connectivity index (χ1v) is 12.3. The van der Waals surface area contributed by atoms with Crippen LogP contribution in [0.2, 0.25) is 0 Å². The fourth-order valence-electron chi connectivity index (χ4n) is 4.24. The highest BCUT2D eigenvalue weighted by atomic mass is 32.1. The highest BCUT2D eigenvalue weighted by molar-refractivity contribution is 7.19. The van der Waals surface area contributed by atoms with Crippen LogP contribution in [0.25, 0.3) is 27.5 Å². The summed E-state index contributed by atoms with van der Waals surface area (Å²) in [5.41, 5.74) is 4.01. The van der Waals surface area contributed by atoms with Gasteiger partial charge in [-0.25, -0.2) is 14.5 Å². The van der Waals surface area contributed by atoms with Crippen molar-refractivity contribution in [3.63, 3.8) is 0 Å². The largest absolute Gasteiger partial charge is 0.453 e. The number of carbonyl (C=O) groups is 2. The molecule has 0 spiro atoms. The van der Waals surface area contributed by atoms with Gasteiger partial charge in [-0.2, -0.15) is 13.9 Å². The smallest absolute Gasteiger partial charge is 0.413 e. The molecule has 1 N–H and O–H groups in total. The van der Waals surface area contributed by atoms with Crippen LogP contribution in [-0.4, -0.2) is 64.5 Å². The van der Waals surface area contributed by atoms with Crippen LogP contribution in [0.5, 0.6) is 5.75 Å². The monoisotopic (exact) mass is 540 g/mol. The summed E-state index contributed by atoms with van der Waals surface area (Å²) in [6.45, 7) is -3.13. The van der Waals surface area contributed by atoms with E-state index in [4.69, 9.17) is 9.84 Å². The number of hydrogen-bond donors (Lipinski definition) is 1. The van der Waals surface area contributed by atoms with E-state index in [1.807, 2.05) is 6.07 Å². The fraction of sp³-hybridized carbons (Fsp3) is 0.240. The second kappa shape index (κ2) is 10.2. The number of ether oxygens (including phenoxy) is 2. The lowest BCUT2D eigenvalue weighted by Crippen LogP contribution is -2.22. The highest BCUT2D eigenvalue weighted by Crippen LogP contribution is 2.45. The minimum atomic E-state index is -3.13. The van der Waals surface area contributed by atoms with Gasteiger partial charge in [0.15, 0.2) is 10.9 Å². The number of carbonyl (C=O) groups excluding carboxylic acids is 2. The molecule has 1 aromatic carbocycles. The Labute approximate surface area is 219 Å². The van der Waals surface area contributed by atoms with Crippen molar-refractivity contribution in [1.29, 1.82) is 0 Å². The van der Waals surface area contributed by atoms with Crippen molar-refractivity contribution in [2.75, 3.05) is 26.5 Å². The third kappa shape index (κ3) is 4.67. The van der Waals surface area contributed by atoms with Crippen LogP contribution in [0.15, 0.2) is 42.7 Å². The standard InChI is InChI=1S/C25H22F2N6O4S/c1-32(2)22(34)13-6-9-17(18(11-13)37-23(26)27)33-20-15(19(31-33)14-5-4-10-28-12-14)7-8-16-21(20)38-24(29-16)30-25(35)36-3/h4-6,9-12,23H,7-8H2,1-3H3,(H,29,30,35). The van der Waals surface area contributed by atoms with Crippen LogP contribution in [0.1, 0.15) is 21.6 Å². The Hall–Kier alpha value is -4.39. The van der Waals surface area contributed by atoms with Gasteiger partial charge in [-0.3, -0.25) is 15.1 Å². The van der Waals surface area contributed by atoms with Gasteiger partial charge in [0, 0.05) is 43.2 Å². The number of hydrogen-bond acceptors (Lipinski definition) is 8. The molecule has 0 aliphatic heterocycles. The molecule has 3 aromatic heterocycles.